The fourth-order valence-corrected chi connectivity index (χ4v) is 3.27. The van der Waals surface area contributed by atoms with Crippen LogP contribution >= 0.6 is 11.6 Å². The number of hydrogen-bond donors (Lipinski definition) is 2. The molecular weight excluding hydrogens is 490 g/mol. The largest absolute Gasteiger partial charge is 0.478 e. The van der Waals surface area contributed by atoms with Gasteiger partial charge in [-0.25, -0.2) is 18.9 Å². The number of aromatic nitrogens is 4. The van der Waals surface area contributed by atoms with E-state index in [9.17, 15) is 22.4 Å². The van der Waals surface area contributed by atoms with Crippen molar-refractivity contribution in [2.45, 2.75) is 6.18 Å². The number of carboxylic acid groups (broad SMARTS) is 1. The first-order chi connectivity index (χ1) is 16.6. The summed E-state index contributed by atoms with van der Waals surface area (Å²) in [5.74, 6) is -1.74. The number of benzene rings is 2. The Morgan fingerprint density at radius 1 is 1.14 bits per heavy atom. The topological polar surface area (TPSA) is 92.9 Å². The number of nitrogens with zero attached hydrogens (tertiary/aromatic N) is 4. The molecule has 0 aliphatic carbocycles. The van der Waals surface area contributed by atoms with Crippen molar-refractivity contribution in [3.63, 3.8) is 0 Å². The lowest BCUT2D eigenvalue weighted by Gasteiger charge is -2.12. The molecule has 0 bridgehead atoms. The Labute approximate surface area is 200 Å². The molecule has 2 heterocycles. The smallest absolute Gasteiger partial charge is 0.435 e. The lowest BCUT2D eigenvalue weighted by Crippen LogP contribution is -2.10. The predicted octanol–water partition coefficient (Wildman–Crippen LogP) is 5.98. The van der Waals surface area contributed by atoms with Gasteiger partial charge < -0.3 is 10.4 Å². The molecule has 4 rings (SSSR count). The summed E-state index contributed by atoms with van der Waals surface area (Å²) in [5, 5.41) is 15.2. The van der Waals surface area contributed by atoms with Crippen LogP contribution in [-0.4, -0.2) is 30.8 Å². The van der Waals surface area contributed by atoms with Crippen molar-refractivity contribution in [2.75, 3.05) is 5.32 Å². The van der Waals surface area contributed by atoms with Crippen molar-refractivity contribution in [1.29, 1.82) is 0 Å². The molecule has 7 nitrogen and oxygen atoms in total. The van der Waals surface area contributed by atoms with E-state index < -0.39 is 23.7 Å². The molecule has 12 heteroatoms. The van der Waals surface area contributed by atoms with E-state index in [4.69, 9.17) is 16.7 Å². The number of hydrogen-bond acceptors (Lipinski definition) is 5. The van der Waals surface area contributed by atoms with Crippen LogP contribution in [0.5, 0.6) is 0 Å². The number of rotatable bonds is 6. The Bertz CT molecular complexity index is 1440. The van der Waals surface area contributed by atoms with Crippen LogP contribution in [0.4, 0.5) is 29.2 Å². The molecule has 35 heavy (non-hydrogen) atoms. The number of anilines is 2. The first kappa shape index (κ1) is 23.9. The highest BCUT2D eigenvalue weighted by molar-refractivity contribution is 6.31. The monoisotopic (exact) mass is 503 g/mol. The molecule has 0 fully saturated rings. The van der Waals surface area contributed by atoms with Gasteiger partial charge in [0.05, 0.1) is 5.02 Å². The molecule has 0 radical (unpaired) electrons. The van der Waals surface area contributed by atoms with Crippen LogP contribution in [-0.2, 0) is 11.0 Å². The lowest BCUT2D eigenvalue weighted by molar-refractivity contribution is -0.141. The van der Waals surface area contributed by atoms with Crippen LogP contribution in [0.2, 0.25) is 5.02 Å². The van der Waals surface area contributed by atoms with Gasteiger partial charge in [0.1, 0.15) is 5.82 Å². The van der Waals surface area contributed by atoms with E-state index in [1.807, 2.05) is 0 Å². The number of carboxylic acids is 1. The average molecular weight is 504 g/mol. The summed E-state index contributed by atoms with van der Waals surface area (Å²) in [6, 6.07) is 11.3. The quantitative estimate of drug-likeness (QED) is 0.248. The average Bonchev–Trinajstić information content (AvgIpc) is 3.31. The second-order valence-electron chi connectivity index (χ2n) is 7.13. The molecule has 0 amide bonds. The zero-order chi connectivity index (χ0) is 25.2. The zero-order valence-electron chi connectivity index (χ0n) is 17.5. The minimum Gasteiger partial charge on any atom is -0.478 e. The highest BCUT2D eigenvalue weighted by Gasteiger charge is 2.34. The van der Waals surface area contributed by atoms with Gasteiger partial charge in [-0.05, 0) is 47.5 Å². The third kappa shape index (κ3) is 5.64. The zero-order valence-corrected chi connectivity index (χ0v) is 18.2. The van der Waals surface area contributed by atoms with Crippen molar-refractivity contribution < 1.29 is 27.5 Å². The van der Waals surface area contributed by atoms with E-state index in [2.05, 4.69) is 20.4 Å². The number of halogens is 5. The van der Waals surface area contributed by atoms with Gasteiger partial charge in [-0.1, -0.05) is 29.8 Å². The van der Waals surface area contributed by atoms with E-state index in [0.717, 1.165) is 29.1 Å². The molecule has 178 valence electrons. The molecule has 0 unspecified atom stereocenters. The van der Waals surface area contributed by atoms with Crippen molar-refractivity contribution in [3.8, 4) is 16.9 Å². The third-order valence-corrected chi connectivity index (χ3v) is 4.95. The maximum absolute atomic E-state index is 13.5. The maximum atomic E-state index is 13.5. The van der Waals surface area contributed by atoms with Gasteiger partial charge in [0, 0.05) is 29.7 Å². The van der Waals surface area contributed by atoms with Crippen molar-refractivity contribution in [2.24, 2.45) is 0 Å². The van der Waals surface area contributed by atoms with Crippen molar-refractivity contribution in [3.05, 3.63) is 89.1 Å². The molecule has 2 aromatic carbocycles. The van der Waals surface area contributed by atoms with E-state index in [0.29, 0.717) is 22.4 Å². The van der Waals surface area contributed by atoms with Gasteiger partial charge in [0.25, 0.3) is 0 Å². The number of aliphatic carboxylic acids is 1. The van der Waals surface area contributed by atoms with Crippen molar-refractivity contribution in [1.82, 2.24) is 19.7 Å². The standard InChI is InChI=1S/C23H14ClF4N5O2/c24-17-11-15(5-6-18(17)25)30-22-29-12-16(14-3-1-2-13(10-14)4-7-20(34)35)21(31-22)33-9-8-19(32-33)23(26,27)28/h1-12H,(H,34,35)(H,29,30,31). The van der Waals surface area contributed by atoms with Crippen LogP contribution in [0, 0.1) is 5.82 Å². The third-order valence-electron chi connectivity index (χ3n) is 4.66. The Balaban J connectivity index is 1.80. The fraction of sp³-hybridized carbons (Fsp3) is 0.0435. The van der Waals surface area contributed by atoms with Crippen LogP contribution < -0.4 is 5.32 Å². The van der Waals surface area contributed by atoms with Gasteiger partial charge >= 0.3 is 12.1 Å². The molecule has 0 spiro atoms. The first-order valence-electron chi connectivity index (χ1n) is 9.84. The molecule has 2 N–H and O–H groups in total. The summed E-state index contributed by atoms with van der Waals surface area (Å²) in [5.41, 5.74) is 0.617. The van der Waals surface area contributed by atoms with Crippen molar-refractivity contribution >= 4 is 35.3 Å². The van der Waals surface area contributed by atoms with E-state index >= 15 is 0 Å². The summed E-state index contributed by atoms with van der Waals surface area (Å²) < 4.78 is 53.9. The molecule has 4 aromatic rings. The molecule has 2 aromatic heterocycles. The van der Waals surface area contributed by atoms with E-state index in [-0.39, 0.29) is 16.8 Å². The molecule has 0 aliphatic heterocycles. The lowest BCUT2D eigenvalue weighted by atomic mass is 10.0. The predicted molar refractivity (Wildman–Crippen MR) is 121 cm³/mol. The summed E-state index contributed by atoms with van der Waals surface area (Å²) in [4.78, 5) is 19.4. The molecule has 0 atom stereocenters. The Hall–Kier alpha value is -4.25. The van der Waals surface area contributed by atoms with Gasteiger partial charge in [-0.2, -0.15) is 23.3 Å². The summed E-state index contributed by atoms with van der Waals surface area (Å²) in [6.07, 6.45) is 0.161. The first-order valence-corrected chi connectivity index (χ1v) is 10.2. The second-order valence-corrected chi connectivity index (χ2v) is 7.53. The number of nitrogens with one attached hydrogen (secondary N) is 1. The van der Waals surface area contributed by atoms with Crippen LogP contribution in [0.3, 0.4) is 0 Å². The van der Waals surface area contributed by atoms with E-state index in [1.54, 1.807) is 24.3 Å². The highest BCUT2D eigenvalue weighted by atomic mass is 35.5. The molecule has 0 saturated heterocycles. The summed E-state index contributed by atoms with van der Waals surface area (Å²) >= 11 is 5.80. The van der Waals surface area contributed by atoms with Gasteiger partial charge in [0.2, 0.25) is 5.95 Å². The summed E-state index contributed by atoms with van der Waals surface area (Å²) in [7, 11) is 0. The maximum Gasteiger partial charge on any atom is 0.435 e. The summed E-state index contributed by atoms with van der Waals surface area (Å²) in [6.45, 7) is 0. The Kier molecular flexibility index (Phi) is 6.52. The molecule has 0 aliphatic rings. The molecular formula is C23H14ClF4N5O2. The Morgan fingerprint density at radius 3 is 2.63 bits per heavy atom. The minimum absolute atomic E-state index is 0.00240. The van der Waals surface area contributed by atoms with Gasteiger partial charge in [-0.3, -0.25) is 0 Å². The minimum atomic E-state index is -4.66. The van der Waals surface area contributed by atoms with Gasteiger partial charge in [-0.15, -0.1) is 0 Å². The van der Waals surface area contributed by atoms with Crippen LogP contribution in [0.25, 0.3) is 23.0 Å². The Morgan fingerprint density at radius 2 is 1.94 bits per heavy atom. The highest BCUT2D eigenvalue weighted by Crippen LogP contribution is 2.31. The van der Waals surface area contributed by atoms with Gasteiger partial charge in [0.15, 0.2) is 11.5 Å². The second kappa shape index (κ2) is 9.55. The SMILES string of the molecule is O=C(O)C=Cc1cccc(-c2cnc(Nc3ccc(F)c(Cl)c3)nc2-n2ccc(C(F)(F)F)n2)c1. The number of alkyl halides is 3. The normalized spacial score (nSPS) is 11.7. The van der Waals surface area contributed by atoms with E-state index in [1.165, 1.54) is 24.4 Å². The number of carbonyl (C=O) groups is 1. The fourth-order valence-electron chi connectivity index (χ4n) is 3.08. The molecule has 0 saturated carbocycles. The van der Waals surface area contributed by atoms with Crippen LogP contribution in [0.15, 0.2) is 67.0 Å². The van der Waals surface area contributed by atoms with Crippen LogP contribution in [0.1, 0.15) is 11.3 Å².